The SMILES string of the molecule is [O-]c1c(Br)cc(Br)c(O)c1Br. The Morgan fingerprint density at radius 1 is 1.18 bits per heavy atom. The monoisotopic (exact) mass is 343 g/mol. The summed E-state index contributed by atoms with van der Waals surface area (Å²) in [5.41, 5.74) is 0. The summed E-state index contributed by atoms with van der Waals surface area (Å²) in [6.45, 7) is 0. The molecule has 0 aliphatic rings. The van der Waals surface area contributed by atoms with Crippen LogP contribution in [0.25, 0.3) is 0 Å². The molecule has 0 bridgehead atoms. The Bertz CT molecular complexity index is 272. The zero-order chi connectivity index (χ0) is 8.59. The number of hydrogen-bond donors (Lipinski definition) is 1. The Morgan fingerprint density at radius 2 is 1.73 bits per heavy atom. The molecular weight excluding hydrogens is 344 g/mol. The topological polar surface area (TPSA) is 43.3 Å². The van der Waals surface area contributed by atoms with Gasteiger partial charge in [0.2, 0.25) is 0 Å². The lowest BCUT2D eigenvalue weighted by Gasteiger charge is -2.13. The molecule has 0 spiro atoms. The Hall–Kier alpha value is 0.260. The van der Waals surface area contributed by atoms with Gasteiger partial charge in [-0.1, -0.05) is 21.7 Å². The summed E-state index contributed by atoms with van der Waals surface area (Å²) in [4.78, 5) is 0. The highest BCUT2D eigenvalue weighted by Crippen LogP contribution is 2.41. The second kappa shape index (κ2) is 3.33. The molecule has 0 amide bonds. The van der Waals surface area contributed by atoms with E-state index in [0.717, 1.165) is 0 Å². The Kier molecular flexibility index (Phi) is 2.83. The standard InChI is InChI=1S/C6H3Br3O2/c7-2-1-3(8)6(11)4(9)5(2)10/h1,10-11H/p-1. The second-order valence-corrected chi connectivity index (χ2v) is 4.33. The van der Waals surface area contributed by atoms with Gasteiger partial charge in [-0.15, -0.1) is 0 Å². The first-order valence-corrected chi connectivity index (χ1v) is 4.95. The van der Waals surface area contributed by atoms with Gasteiger partial charge in [-0.3, -0.25) is 0 Å². The predicted octanol–water partition coefficient (Wildman–Crippen LogP) is 2.75. The van der Waals surface area contributed by atoms with E-state index in [1.54, 1.807) is 0 Å². The van der Waals surface area contributed by atoms with Crippen molar-refractivity contribution in [2.45, 2.75) is 0 Å². The number of phenolic OH excluding ortho intramolecular Hbond substituents is 1. The van der Waals surface area contributed by atoms with Crippen LogP contribution in [0.3, 0.4) is 0 Å². The third kappa shape index (κ3) is 1.71. The third-order valence-corrected chi connectivity index (χ3v) is 3.03. The summed E-state index contributed by atoms with van der Waals surface area (Å²) in [6, 6.07) is 1.50. The van der Waals surface area contributed by atoms with Crippen molar-refractivity contribution in [3.8, 4) is 11.5 Å². The minimum Gasteiger partial charge on any atom is -0.871 e. The molecule has 0 aliphatic carbocycles. The molecule has 2 nitrogen and oxygen atoms in total. The van der Waals surface area contributed by atoms with Crippen molar-refractivity contribution in [1.29, 1.82) is 0 Å². The predicted molar refractivity (Wildman–Crippen MR) is 50.7 cm³/mol. The van der Waals surface area contributed by atoms with Crippen LogP contribution in [-0.2, 0) is 0 Å². The molecule has 1 aromatic carbocycles. The molecule has 1 rings (SSSR count). The zero-order valence-corrected chi connectivity index (χ0v) is 9.82. The van der Waals surface area contributed by atoms with Crippen LogP contribution >= 0.6 is 47.8 Å². The summed E-state index contributed by atoms with van der Waals surface area (Å²) >= 11 is 9.09. The minimum absolute atomic E-state index is 0.0711. The lowest BCUT2D eigenvalue weighted by molar-refractivity contribution is -0.270. The molecular formula is C6H2Br3O2-. The molecule has 0 saturated heterocycles. The molecule has 0 unspecified atom stereocenters. The molecule has 11 heavy (non-hydrogen) atoms. The van der Waals surface area contributed by atoms with E-state index >= 15 is 0 Å². The molecule has 0 atom stereocenters. The van der Waals surface area contributed by atoms with Gasteiger partial charge in [-0.25, -0.2) is 0 Å². The molecule has 0 aromatic heterocycles. The Balaban J connectivity index is 3.46. The van der Waals surface area contributed by atoms with Crippen molar-refractivity contribution in [2.75, 3.05) is 0 Å². The summed E-state index contributed by atoms with van der Waals surface area (Å²) in [6.07, 6.45) is 0. The van der Waals surface area contributed by atoms with Crippen molar-refractivity contribution in [3.05, 3.63) is 19.5 Å². The van der Waals surface area contributed by atoms with Crippen LogP contribution in [0.2, 0.25) is 0 Å². The van der Waals surface area contributed by atoms with Gasteiger partial charge in [0.25, 0.3) is 0 Å². The summed E-state index contributed by atoms with van der Waals surface area (Å²) in [5.74, 6) is -0.330. The van der Waals surface area contributed by atoms with Crippen LogP contribution in [0.1, 0.15) is 0 Å². The molecule has 0 radical (unpaired) electrons. The highest BCUT2D eigenvalue weighted by Gasteiger charge is 2.05. The smallest absolute Gasteiger partial charge is 0.143 e. The van der Waals surface area contributed by atoms with E-state index in [4.69, 9.17) is 0 Å². The normalized spacial score (nSPS) is 10.1. The van der Waals surface area contributed by atoms with E-state index in [1.165, 1.54) is 6.07 Å². The number of rotatable bonds is 0. The fraction of sp³-hybridized carbons (Fsp3) is 0. The molecule has 60 valence electrons. The first-order chi connectivity index (χ1) is 5.04. The largest absolute Gasteiger partial charge is 0.871 e. The van der Waals surface area contributed by atoms with Crippen molar-refractivity contribution in [3.63, 3.8) is 0 Å². The third-order valence-electron chi connectivity index (χ3n) is 1.10. The fourth-order valence-electron chi connectivity index (χ4n) is 0.562. The maximum Gasteiger partial charge on any atom is 0.143 e. The Morgan fingerprint density at radius 3 is 2.27 bits per heavy atom. The quantitative estimate of drug-likeness (QED) is 0.785. The lowest BCUT2D eigenvalue weighted by Crippen LogP contribution is -1.92. The molecule has 5 heteroatoms. The van der Waals surface area contributed by atoms with Gasteiger partial charge in [0.1, 0.15) is 5.75 Å². The average molecular weight is 346 g/mol. The van der Waals surface area contributed by atoms with Gasteiger partial charge < -0.3 is 10.2 Å². The van der Waals surface area contributed by atoms with Crippen LogP contribution in [0.5, 0.6) is 11.5 Å². The fourth-order valence-corrected chi connectivity index (χ4v) is 2.68. The first kappa shape index (κ1) is 9.35. The maximum absolute atomic E-state index is 11.1. The van der Waals surface area contributed by atoms with E-state index in [1.807, 2.05) is 0 Å². The van der Waals surface area contributed by atoms with Gasteiger partial charge in [-0.05, 0) is 37.9 Å². The van der Waals surface area contributed by atoms with Crippen LogP contribution in [0.15, 0.2) is 19.5 Å². The van der Waals surface area contributed by atoms with Crippen molar-refractivity contribution < 1.29 is 10.2 Å². The van der Waals surface area contributed by atoms with E-state index in [0.29, 0.717) is 8.95 Å². The Labute approximate surface area is 88.6 Å². The van der Waals surface area contributed by atoms with E-state index in [9.17, 15) is 10.2 Å². The van der Waals surface area contributed by atoms with E-state index in [2.05, 4.69) is 47.8 Å². The number of phenols is 1. The summed E-state index contributed by atoms with van der Waals surface area (Å²) in [7, 11) is 0. The maximum atomic E-state index is 11.1. The average Bonchev–Trinajstić information content (AvgIpc) is 1.97. The van der Waals surface area contributed by atoms with Crippen molar-refractivity contribution in [1.82, 2.24) is 0 Å². The van der Waals surface area contributed by atoms with Crippen LogP contribution in [-0.4, -0.2) is 5.11 Å². The highest BCUT2D eigenvalue weighted by molar-refractivity contribution is 9.11. The van der Waals surface area contributed by atoms with Crippen molar-refractivity contribution in [2.24, 2.45) is 0 Å². The second-order valence-electron chi connectivity index (χ2n) is 1.83. The van der Waals surface area contributed by atoms with Crippen molar-refractivity contribution >= 4 is 47.8 Å². The molecule has 1 aromatic rings. The van der Waals surface area contributed by atoms with Crippen LogP contribution < -0.4 is 5.11 Å². The number of halogens is 3. The summed E-state index contributed by atoms with van der Waals surface area (Å²) < 4.78 is 1.06. The highest BCUT2D eigenvalue weighted by atomic mass is 79.9. The number of hydrogen-bond acceptors (Lipinski definition) is 2. The minimum atomic E-state index is -0.259. The zero-order valence-electron chi connectivity index (χ0n) is 5.07. The van der Waals surface area contributed by atoms with Crippen LogP contribution in [0.4, 0.5) is 0 Å². The number of aromatic hydroxyl groups is 1. The van der Waals surface area contributed by atoms with E-state index in [-0.39, 0.29) is 16.0 Å². The molecule has 1 N–H and O–H groups in total. The molecule has 0 aliphatic heterocycles. The number of benzene rings is 1. The van der Waals surface area contributed by atoms with Crippen LogP contribution in [0, 0.1) is 0 Å². The lowest BCUT2D eigenvalue weighted by atomic mass is 10.3. The van der Waals surface area contributed by atoms with Gasteiger partial charge >= 0.3 is 0 Å². The van der Waals surface area contributed by atoms with E-state index < -0.39 is 0 Å². The molecule has 0 fully saturated rings. The molecule has 0 saturated carbocycles. The van der Waals surface area contributed by atoms with Gasteiger partial charge in [0.05, 0.1) is 8.95 Å². The van der Waals surface area contributed by atoms with Gasteiger partial charge in [0.15, 0.2) is 0 Å². The van der Waals surface area contributed by atoms with Gasteiger partial charge in [-0.2, -0.15) is 0 Å². The van der Waals surface area contributed by atoms with Gasteiger partial charge in [0, 0.05) is 4.47 Å². The first-order valence-electron chi connectivity index (χ1n) is 2.57. The summed E-state index contributed by atoms with van der Waals surface area (Å²) in [5, 5.41) is 20.3. The molecule has 0 heterocycles.